The molecule has 0 bridgehead atoms. The summed E-state index contributed by atoms with van der Waals surface area (Å²) in [5.41, 5.74) is 5.74. The average molecular weight is 613 g/mol. The van der Waals surface area contributed by atoms with E-state index in [9.17, 15) is 14.7 Å². The van der Waals surface area contributed by atoms with Crippen molar-refractivity contribution in [3.8, 4) is 11.1 Å². The highest BCUT2D eigenvalue weighted by atomic mass is 32.2. The lowest BCUT2D eigenvalue weighted by atomic mass is 9.99. The molecule has 9 heteroatoms. The van der Waals surface area contributed by atoms with Crippen molar-refractivity contribution in [3.63, 3.8) is 0 Å². The molecule has 3 N–H and O–H groups in total. The smallest absolute Gasteiger partial charge is 0.303 e. The molecule has 1 aromatic heterocycles. The van der Waals surface area contributed by atoms with Crippen molar-refractivity contribution in [1.82, 2.24) is 10.3 Å². The third-order valence-electron chi connectivity index (χ3n) is 7.37. The number of nitrogens with zero attached hydrogens (tertiary/aromatic N) is 1. The van der Waals surface area contributed by atoms with E-state index in [2.05, 4.69) is 16.4 Å². The predicted octanol–water partition coefficient (Wildman–Crippen LogP) is 6.45. The largest absolute Gasteiger partial charge is 0.481 e. The van der Waals surface area contributed by atoms with Crippen LogP contribution < -0.4 is 5.32 Å². The Bertz CT molecular complexity index is 1530. The van der Waals surface area contributed by atoms with Gasteiger partial charge in [-0.2, -0.15) is 0 Å². The first-order valence-electron chi connectivity index (χ1n) is 14.7. The minimum Gasteiger partial charge on any atom is -0.481 e. The fourth-order valence-corrected chi connectivity index (χ4v) is 5.93. The predicted molar refractivity (Wildman–Crippen MR) is 169 cm³/mol. The zero-order chi connectivity index (χ0) is 30.7. The Morgan fingerprint density at radius 3 is 2.41 bits per heavy atom. The molecule has 0 unspecified atom stereocenters. The lowest BCUT2D eigenvalue weighted by Crippen LogP contribution is -2.31. The first-order chi connectivity index (χ1) is 21.5. The van der Waals surface area contributed by atoms with Gasteiger partial charge in [0.2, 0.25) is 5.91 Å². The van der Waals surface area contributed by atoms with Gasteiger partial charge in [0.25, 0.3) is 0 Å². The van der Waals surface area contributed by atoms with Gasteiger partial charge in [0, 0.05) is 43.3 Å². The highest BCUT2D eigenvalue weighted by molar-refractivity contribution is 7.99. The second kappa shape index (κ2) is 15.6. The van der Waals surface area contributed by atoms with E-state index in [-0.39, 0.29) is 37.6 Å². The third kappa shape index (κ3) is 9.00. The number of aromatic nitrogens is 1. The Morgan fingerprint density at radius 2 is 1.66 bits per heavy atom. The van der Waals surface area contributed by atoms with Gasteiger partial charge in [-0.1, -0.05) is 66.7 Å². The lowest BCUT2D eigenvalue weighted by Gasteiger charge is -2.36. The number of hydrogen-bond donors (Lipinski definition) is 3. The Morgan fingerprint density at radius 1 is 0.864 bits per heavy atom. The van der Waals surface area contributed by atoms with Crippen molar-refractivity contribution in [2.45, 2.75) is 62.4 Å². The Kier molecular flexibility index (Phi) is 11.2. The van der Waals surface area contributed by atoms with Crippen LogP contribution in [-0.4, -0.2) is 38.9 Å². The SMILES string of the molecule is O=C(O)CCCC(=O)NCc1cccc(-c2cccc([C@@H]3O[C@H](CSc4ccccn4)C[C@H](c4ccc(CO)cc4)O3)c2)c1. The van der Waals surface area contributed by atoms with E-state index < -0.39 is 12.3 Å². The molecule has 4 aromatic rings. The maximum atomic E-state index is 12.1. The molecular weight excluding hydrogens is 576 g/mol. The molecular formula is C35H36N2O6S. The molecule has 44 heavy (non-hydrogen) atoms. The molecule has 1 saturated heterocycles. The number of benzene rings is 3. The van der Waals surface area contributed by atoms with Gasteiger partial charge in [0.15, 0.2) is 6.29 Å². The molecule has 1 amide bonds. The Hall–Kier alpha value is -4.02. The molecule has 3 atom stereocenters. The van der Waals surface area contributed by atoms with Crippen molar-refractivity contribution < 1.29 is 29.3 Å². The first-order valence-corrected chi connectivity index (χ1v) is 15.7. The van der Waals surface area contributed by atoms with Crippen molar-refractivity contribution in [3.05, 3.63) is 119 Å². The highest BCUT2D eigenvalue weighted by Gasteiger charge is 2.32. The number of carboxylic acid groups (broad SMARTS) is 1. The minimum absolute atomic E-state index is 0.00592. The topological polar surface area (TPSA) is 118 Å². The molecule has 3 aromatic carbocycles. The van der Waals surface area contributed by atoms with Crippen LogP contribution in [0.1, 0.15) is 60.3 Å². The fourth-order valence-electron chi connectivity index (χ4n) is 5.05. The van der Waals surface area contributed by atoms with E-state index in [0.29, 0.717) is 19.4 Å². The first kappa shape index (κ1) is 31.4. The molecule has 5 rings (SSSR count). The molecule has 8 nitrogen and oxygen atoms in total. The Balaban J connectivity index is 1.30. The van der Waals surface area contributed by atoms with Gasteiger partial charge < -0.3 is 25.0 Å². The maximum Gasteiger partial charge on any atom is 0.303 e. The number of aliphatic hydroxyl groups is 1. The molecule has 2 heterocycles. The number of carbonyl (C=O) groups excluding carboxylic acids is 1. The number of amides is 1. The summed E-state index contributed by atoms with van der Waals surface area (Å²) in [5.74, 6) is -0.337. The average Bonchev–Trinajstić information content (AvgIpc) is 3.07. The number of aliphatic hydroxyl groups excluding tert-OH is 1. The van der Waals surface area contributed by atoms with Crippen LogP contribution in [0.2, 0.25) is 0 Å². The summed E-state index contributed by atoms with van der Waals surface area (Å²) in [7, 11) is 0. The quantitative estimate of drug-likeness (QED) is 0.148. The van der Waals surface area contributed by atoms with E-state index in [1.807, 2.05) is 84.9 Å². The van der Waals surface area contributed by atoms with Crippen molar-refractivity contribution >= 4 is 23.6 Å². The van der Waals surface area contributed by atoms with Gasteiger partial charge in [-0.25, -0.2) is 4.98 Å². The lowest BCUT2D eigenvalue weighted by molar-refractivity contribution is -0.245. The van der Waals surface area contributed by atoms with Crippen molar-refractivity contribution in [1.29, 1.82) is 0 Å². The second-order valence-electron chi connectivity index (χ2n) is 10.7. The second-order valence-corrected chi connectivity index (χ2v) is 11.7. The van der Waals surface area contributed by atoms with Crippen LogP contribution in [0.15, 0.2) is 102 Å². The van der Waals surface area contributed by atoms with Crippen LogP contribution in [0.5, 0.6) is 0 Å². The number of thioether (sulfide) groups is 1. The fraction of sp³-hybridized carbons (Fsp3) is 0.286. The number of rotatable bonds is 13. The monoisotopic (exact) mass is 612 g/mol. The van der Waals surface area contributed by atoms with Crippen LogP contribution >= 0.6 is 11.8 Å². The van der Waals surface area contributed by atoms with E-state index in [4.69, 9.17) is 14.6 Å². The number of nitrogens with one attached hydrogen (secondary N) is 1. The van der Waals surface area contributed by atoms with E-state index in [1.54, 1.807) is 18.0 Å². The van der Waals surface area contributed by atoms with Gasteiger partial charge in [0.05, 0.1) is 23.8 Å². The van der Waals surface area contributed by atoms with Crippen LogP contribution in [0.3, 0.4) is 0 Å². The van der Waals surface area contributed by atoms with Crippen LogP contribution in [-0.2, 0) is 32.2 Å². The van der Waals surface area contributed by atoms with E-state index in [1.165, 1.54) is 0 Å². The van der Waals surface area contributed by atoms with Crippen molar-refractivity contribution in [2.75, 3.05) is 5.75 Å². The number of aliphatic carboxylic acids is 1. The maximum absolute atomic E-state index is 12.1. The summed E-state index contributed by atoms with van der Waals surface area (Å²) >= 11 is 1.66. The molecule has 1 aliphatic rings. The molecule has 1 aliphatic heterocycles. The molecule has 1 fully saturated rings. The van der Waals surface area contributed by atoms with Crippen LogP contribution in [0.4, 0.5) is 0 Å². The number of carboxylic acids is 1. The molecule has 0 aliphatic carbocycles. The van der Waals surface area contributed by atoms with Gasteiger partial charge >= 0.3 is 5.97 Å². The molecule has 0 spiro atoms. The van der Waals surface area contributed by atoms with Crippen LogP contribution in [0, 0.1) is 0 Å². The van der Waals surface area contributed by atoms with Crippen molar-refractivity contribution in [2.24, 2.45) is 0 Å². The molecule has 0 saturated carbocycles. The summed E-state index contributed by atoms with van der Waals surface area (Å²) < 4.78 is 13.1. The number of pyridine rings is 1. The standard InChI is InChI=1S/C35H36N2O6S/c38-22-24-13-15-26(16-14-24)31-20-30(23-44-33-11-1-2-17-36-33)42-35(43-31)29-9-4-8-28(19-29)27-7-3-6-25(18-27)21-37-32(39)10-5-12-34(40)41/h1-4,6-9,11,13-19,30-31,35,38H,5,10,12,20-23H2,(H,37,39)(H,40,41)/t30-,31+,35+/m0/s1. The Labute approximate surface area is 261 Å². The van der Waals surface area contributed by atoms with E-state index in [0.717, 1.165) is 44.2 Å². The summed E-state index contributed by atoms with van der Waals surface area (Å²) in [6, 6.07) is 29.8. The zero-order valence-corrected chi connectivity index (χ0v) is 25.1. The third-order valence-corrected chi connectivity index (χ3v) is 8.45. The number of hydrogen-bond acceptors (Lipinski definition) is 7. The van der Waals surface area contributed by atoms with Gasteiger partial charge in [-0.3, -0.25) is 9.59 Å². The number of ether oxygens (including phenoxy) is 2. The highest BCUT2D eigenvalue weighted by Crippen LogP contribution is 2.40. The van der Waals surface area contributed by atoms with Crippen LogP contribution in [0.25, 0.3) is 11.1 Å². The summed E-state index contributed by atoms with van der Waals surface area (Å²) in [5, 5.41) is 22.1. The summed E-state index contributed by atoms with van der Waals surface area (Å²) in [6.07, 6.45) is 2.14. The summed E-state index contributed by atoms with van der Waals surface area (Å²) in [6.45, 7) is 0.356. The molecule has 228 valence electrons. The zero-order valence-electron chi connectivity index (χ0n) is 24.3. The summed E-state index contributed by atoms with van der Waals surface area (Å²) in [4.78, 5) is 27.3. The van der Waals surface area contributed by atoms with Gasteiger partial charge in [-0.15, -0.1) is 11.8 Å². The van der Waals surface area contributed by atoms with Gasteiger partial charge in [-0.05, 0) is 58.5 Å². The normalized spacial score (nSPS) is 18.1. The number of carbonyl (C=O) groups is 2. The van der Waals surface area contributed by atoms with E-state index >= 15 is 0 Å². The van der Waals surface area contributed by atoms with Gasteiger partial charge in [0.1, 0.15) is 0 Å². The minimum atomic E-state index is -0.900. The molecule has 0 radical (unpaired) electrons.